The Hall–Kier alpha value is -2.04. The van der Waals surface area contributed by atoms with Crippen LogP contribution in [0.2, 0.25) is 0 Å². The monoisotopic (exact) mass is 366 g/mol. The van der Waals surface area contributed by atoms with E-state index in [-0.39, 0.29) is 25.0 Å². The zero-order valence-corrected chi connectivity index (χ0v) is 14.3. The molecular weight excluding hydrogens is 351 g/mol. The van der Waals surface area contributed by atoms with Crippen LogP contribution in [0.5, 0.6) is 0 Å². The molecule has 4 nitrogen and oxygen atoms in total. The van der Waals surface area contributed by atoms with E-state index in [1.807, 2.05) is 48.5 Å². The second-order valence-corrected chi connectivity index (χ2v) is 5.52. The summed E-state index contributed by atoms with van der Waals surface area (Å²) in [5.74, 6) is -1.23. The van der Waals surface area contributed by atoms with Gasteiger partial charge in [0.15, 0.2) is 0 Å². The summed E-state index contributed by atoms with van der Waals surface area (Å²) >= 11 is 10.8. The van der Waals surface area contributed by atoms with Crippen molar-refractivity contribution in [1.29, 1.82) is 0 Å². The van der Waals surface area contributed by atoms with Gasteiger partial charge in [0.2, 0.25) is 0 Å². The summed E-state index contributed by atoms with van der Waals surface area (Å²) in [7, 11) is 0. The Balaban J connectivity index is 2.10. The van der Waals surface area contributed by atoms with E-state index in [0.717, 1.165) is 22.3 Å². The van der Waals surface area contributed by atoms with Crippen molar-refractivity contribution in [2.24, 2.45) is 0 Å². The van der Waals surface area contributed by atoms with E-state index in [1.165, 1.54) is 0 Å². The number of alkyl halides is 2. The van der Waals surface area contributed by atoms with Gasteiger partial charge in [-0.15, -0.1) is 23.2 Å². The highest BCUT2D eigenvalue weighted by Crippen LogP contribution is 2.22. The first-order chi connectivity index (χ1) is 11.6. The maximum Gasteiger partial charge on any atom is 0.321 e. The first kappa shape index (κ1) is 18.3. The smallest absolute Gasteiger partial charge is 0.321 e. The lowest BCUT2D eigenvalue weighted by molar-refractivity contribution is -0.142. The third-order valence-corrected chi connectivity index (χ3v) is 3.64. The average Bonchev–Trinajstić information content (AvgIpc) is 2.64. The lowest BCUT2D eigenvalue weighted by Crippen LogP contribution is -2.05. The van der Waals surface area contributed by atoms with Gasteiger partial charge in [-0.25, -0.2) is 0 Å². The van der Waals surface area contributed by atoms with Gasteiger partial charge in [0.05, 0.1) is 0 Å². The fraction of sp³-hybridized carbons (Fsp3) is 0.222. The summed E-state index contributed by atoms with van der Waals surface area (Å²) < 4.78 is 10.1. The summed E-state index contributed by atoms with van der Waals surface area (Å²) in [6.07, 6.45) is 0. The molecule has 0 N–H and O–H groups in total. The van der Waals surface area contributed by atoms with Gasteiger partial charge >= 0.3 is 11.9 Å². The Bertz CT molecular complexity index is 654. The fourth-order valence-corrected chi connectivity index (χ4v) is 2.24. The van der Waals surface area contributed by atoms with Crippen LogP contribution in [0.25, 0.3) is 11.1 Å². The van der Waals surface area contributed by atoms with Crippen LogP contribution in [0.1, 0.15) is 11.1 Å². The predicted octanol–water partition coefficient (Wildman–Crippen LogP) is 3.92. The molecule has 0 aliphatic carbocycles. The molecule has 0 saturated carbocycles. The van der Waals surface area contributed by atoms with E-state index >= 15 is 0 Å². The highest BCUT2D eigenvalue weighted by atomic mass is 35.5. The maximum absolute atomic E-state index is 11.1. The Kier molecular flexibility index (Phi) is 7.09. The van der Waals surface area contributed by atoms with Gasteiger partial charge in [-0.05, 0) is 34.4 Å². The van der Waals surface area contributed by atoms with Crippen LogP contribution in [-0.2, 0) is 32.3 Å². The Morgan fingerprint density at radius 1 is 0.750 bits per heavy atom. The standard InChI is InChI=1S/C18H16Cl2O4/c19-9-17(21)23-11-13-3-1-5-15(7-13)16-6-2-4-14(8-16)12-24-18(22)10-20/h1-8H,9-12H2. The number of carbonyl (C=O) groups is 2. The molecule has 24 heavy (non-hydrogen) atoms. The van der Waals surface area contributed by atoms with Crippen LogP contribution in [-0.4, -0.2) is 23.7 Å². The summed E-state index contributed by atoms with van der Waals surface area (Å²) in [6, 6.07) is 15.3. The topological polar surface area (TPSA) is 52.6 Å². The summed E-state index contributed by atoms with van der Waals surface area (Å²) in [5, 5.41) is 0. The molecule has 0 heterocycles. The third kappa shape index (κ3) is 5.55. The summed E-state index contributed by atoms with van der Waals surface area (Å²) in [6.45, 7) is 0.346. The van der Waals surface area contributed by atoms with Crippen LogP contribution in [0, 0.1) is 0 Å². The lowest BCUT2D eigenvalue weighted by atomic mass is 10.0. The molecule has 126 valence electrons. The number of esters is 2. The van der Waals surface area contributed by atoms with Gasteiger partial charge < -0.3 is 9.47 Å². The quantitative estimate of drug-likeness (QED) is 0.550. The maximum atomic E-state index is 11.1. The number of rotatable bonds is 7. The minimum atomic E-state index is -0.454. The normalized spacial score (nSPS) is 10.2. The average molecular weight is 367 g/mol. The molecule has 0 aliphatic rings. The fourth-order valence-electron chi connectivity index (χ4n) is 2.09. The Morgan fingerprint density at radius 3 is 1.54 bits per heavy atom. The van der Waals surface area contributed by atoms with Crippen molar-refractivity contribution in [2.45, 2.75) is 13.2 Å². The van der Waals surface area contributed by atoms with E-state index < -0.39 is 11.9 Å². The molecule has 0 saturated heterocycles. The van der Waals surface area contributed by atoms with Crippen LogP contribution >= 0.6 is 23.2 Å². The number of halogens is 2. The van der Waals surface area contributed by atoms with E-state index in [1.54, 1.807) is 0 Å². The summed E-state index contributed by atoms with van der Waals surface area (Å²) in [5.41, 5.74) is 3.68. The number of carbonyl (C=O) groups excluding carboxylic acids is 2. The highest BCUT2D eigenvalue weighted by Gasteiger charge is 2.05. The zero-order valence-electron chi connectivity index (χ0n) is 12.8. The van der Waals surface area contributed by atoms with Crippen molar-refractivity contribution in [3.8, 4) is 11.1 Å². The van der Waals surface area contributed by atoms with Crippen LogP contribution in [0.15, 0.2) is 48.5 Å². The molecule has 0 atom stereocenters. The van der Waals surface area contributed by atoms with E-state index in [2.05, 4.69) is 0 Å². The minimum Gasteiger partial charge on any atom is -0.460 e. The predicted molar refractivity (Wildman–Crippen MR) is 92.9 cm³/mol. The molecular formula is C18H16Cl2O4. The van der Waals surface area contributed by atoms with Crippen molar-refractivity contribution in [1.82, 2.24) is 0 Å². The van der Waals surface area contributed by atoms with Crippen molar-refractivity contribution in [3.63, 3.8) is 0 Å². The molecule has 0 amide bonds. The van der Waals surface area contributed by atoms with E-state index in [0.29, 0.717) is 0 Å². The molecule has 0 radical (unpaired) electrons. The van der Waals surface area contributed by atoms with Gasteiger partial charge in [-0.3, -0.25) is 9.59 Å². The van der Waals surface area contributed by atoms with Crippen molar-refractivity contribution in [3.05, 3.63) is 59.7 Å². The van der Waals surface area contributed by atoms with Gasteiger partial charge in [0.1, 0.15) is 25.0 Å². The molecule has 0 unspecified atom stereocenters. The van der Waals surface area contributed by atoms with Crippen LogP contribution in [0.3, 0.4) is 0 Å². The molecule has 0 aliphatic heterocycles. The van der Waals surface area contributed by atoms with E-state index in [4.69, 9.17) is 32.7 Å². The molecule has 2 aromatic carbocycles. The first-order valence-electron chi connectivity index (χ1n) is 7.24. The van der Waals surface area contributed by atoms with Gasteiger partial charge in [0, 0.05) is 0 Å². The molecule has 6 heteroatoms. The minimum absolute atomic E-state index is 0.164. The number of ether oxygens (including phenoxy) is 2. The molecule has 2 rings (SSSR count). The van der Waals surface area contributed by atoms with E-state index in [9.17, 15) is 9.59 Å². The Morgan fingerprint density at radius 2 is 1.17 bits per heavy atom. The van der Waals surface area contributed by atoms with Gasteiger partial charge in [-0.1, -0.05) is 36.4 Å². The summed E-state index contributed by atoms with van der Waals surface area (Å²) in [4.78, 5) is 22.3. The first-order valence-corrected chi connectivity index (χ1v) is 8.30. The zero-order chi connectivity index (χ0) is 17.4. The molecule has 0 fully saturated rings. The van der Waals surface area contributed by atoms with Crippen molar-refractivity contribution >= 4 is 35.1 Å². The highest BCUT2D eigenvalue weighted by molar-refractivity contribution is 6.26. The largest absolute Gasteiger partial charge is 0.460 e. The molecule has 0 spiro atoms. The van der Waals surface area contributed by atoms with Crippen molar-refractivity contribution in [2.75, 3.05) is 11.8 Å². The van der Waals surface area contributed by atoms with Crippen molar-refractivity contribution < 1.29 is 19.1 Å². The SMILES string of the molecule is O=C(CCl)OCc1cccc(-c2cccc(COC(=O)CCl)c2)c1. The Labute approximate surface area is 150 Å². The van der Waals surface area contributed by atoms with Crippen LogP contribution < -0.4 is 0 Å². The van der Waals surface area contributed by atoms with Gasteiger partial charge in [0.25, 0.3) is 0 Å². The number of hydrogen-bond donors (Lipinski definition) is 0. The van der Waals surface area contributed by atoms with Crippen LogP contribution in [0.4, 0.5) is 0 Å². The number of benzene rings is 2. The van der Waals surface area contributed by atoms with Gasteiger partial charge in [-0.2, -0.15) is 0 Å². The molecule has 2 aromatic rings. The third-order valence-electron chi connectivity index (χ3n) is 3.21. The lowest BCUT2D eigenvalue weighted by Gasteiger charge is -2.08. The second-order valence-electron chi connectivity index (χ2n) is 4.99. The second kappa shape index (κ2) is 9.30. The molecule has 0 bridgehead atoms. The number of hydrogen-bond acceptors (Lipinski definition) is 4. The molecule has 0 aromatic heterocycles.